The quantitative estimate of drug-likeness (QED) is 0.0639. The van der Waals surface area contributed by atoms with Crippen LogP contribution in [0.4, 0.5) is 4.79 Å². The number of carbonyl (C=O) groups is 7. The summed E-state index contributed by atoms with van der Waals surface area (Å²) in [6, 6.07) is 9.90. The molecule has 0 spiro atoms. The van der Waals surface area contributed by atoms with Crippen molar-refractivity contribution in [2.24, 2.45) is 11.8 Å². The largest absolute Gasteiger partial charge is 0.460 e. The molecule has 5 amide bonds. The average Bonchev–Trinajstić information content (AvgIpc) is 3.15. The number of esters is 3. The van der Waals surface area contributed by atoms with Crippen LogP contribution in [0.1, 0.15) is 133 Å². The summed E-state index contributed by atoms with van der Waals surface area (Å²) in [6.07, 6.45) is 3.92. The first kappa shape index (κ1) is 51.1. The van der Waals surface area contributed by atoms with E-state index in [4.69, 9.17) is 14.2 Å². The van der Waals surface area contributed by atoms with Gasteiger partial charge < -0.3 is 40.8 Å². The first-order valence-corrected chi connectivity index (χ1v) is 21.9. The maximum Gasteiger partial charge on any atom is 0.329 e. The topological polar surface area (TPSA) is 207 Å². The molecule has 0 saturated heterocycles. The van der Waals surface area contributed by atoms with Crippen molar-refractivity contribution in [2.75, 3.05) is 13.1 Å². The number of nitrogens with one attached hydrogen (secondary N) is 5. The Bertz CT molecular complexity index is 1850. The molecule has 2 aromatic rings. The van der Waals surface area contributed by atoms with Crippen LogP contribution in [-0.4, -0.2) is 89.7 Å². The van der Waals surface area contributed by atoms with Crippen LogP contribution in [0.2, 0.25) is 0 Å². The number of fused-ring (bicyclic) bond motifs is 1. The molecule has 1 aliphatic rings. The summed E-state index contributed by atoms with van der Waals surface area (Å²) < 4.78 is 16.5. The third-order valence-corrected chi connectivity index (χ3v) is 10.0. The Morgan fingerprint density at radius 1 is 0.645 bits per heavy atom. The summed E-state index contributed by atoms with van der Waals surface area (Å²) in [5.74, 6) is -2.50. The lowest BCUT2D eigenvalue weighted by molar-refractivity contribution is -0.159. The summed E-state index contributed by atoms with van der Waals surface area (Å²) in [5, 5.41) is 16.2. The molecule has 0 unspecified atom stereocenters. The summed E-state index contributed by atoms with van der Waals surface area (Å²) in [7, 11) is 0. The summed E-state index contributed by atoms with van der Waals surface area (Å²) >= 11 is 0. The van der Waals surface area contributed by atoms with Gasteiger partial charge in [-0.05, 0) is 136 Å². The van der Waals surface area contributed by atoms with Crippen LogP contribution in [-0.2, 0) is 49.4 Å². The second kappa shape index (κ2) is 23.3. The minimum absolute atomic E-state index is 0.0746. The molecule has 1 fully saturated rings. The van der Waals surface area contributed by atoms with E-state index < -0.39 is 58.9 Å². The third kappa shape index (κ3) is 19.7. The normalized spacial score (nSPS) is 17.1. The predicted molar refractivity (Wildman–Crippen MR) is 237 cm³/mol. The van der Waals surface area contributed by atoms with E-state index >= 15 is 0 Å². The first-order valence-electron chi connectivity index (χ1n) is 21.9. The molecule has 0 bridgehead atoms. The van der Waals surface area contributed by atoms with E-state index in [0.717, 1.165) is 29.2 Å². The van der Waals surface area contributed by atoms with E-state index in [2.05, 4.69) is 26.6 Å². The van der Waals surface area contributed by atoms with Crippen molar-refractivity contribution in [3.63, 3.8) is 0 Å². The molecule has 15 nitrogen and oxygen atoms in total. The highest BCUT2D eigenvalue weighted by atomic mass is 16.6. The number of amides is 5. The summed E-state index contributed by atoms with van der Waals surface area (Å²) in [6.45, 7) is 17.7. The van der Waals surface area contributed by atoms with Crippen molar-refractivity contribution in [3.05, 3.63) is 48.0 Å². The van der Waals surface area contributed by atoms with E-state index in [1.54, 1.807) is 62.3 Å². The number of rotatable bonds is 19. The molecule has 0 heterocycles. The van der Waals surface area contributed by atoms with E-state index in [1.165, 1.54) is 6.92 Å². The molecule has 5 N–H and O–H groups in total. The summed E-state index contributed by atoms with van der Waals surface area (Å²) in [5.41, 5.74) is -1.57. The fourth-order valence-corrected chi connectivity index (χ4v) is 7.08. The SMILES string of the molecule is CC(=O)NCC1CCC(C(=O)N[C@@H](Cc2ccc3ccccc3c2)C(=O)NCCCC[C@H](NC(=O)N[C@@H](CCC(=O)OC(C)(C)C)C(=O)OC(C)(C)C)C(=O)OC(C)(C)C)CC1. The zero-order valence-corrected chi connectivity index (χ0v) is 38.5. The second-order valence-corrected chi connectivity index (χ2v) is 19.3. The molecule has 2 aromatic carbocycles. The third-order valence-electron chi connectivity index (χ3n) is 10.0. The van der Waals surface area contributed by atoms with Crippen molar-refractivity contribution < 1.29 is 47.8 Å². The second-order valence-electron chi connectivity index (χ2n) is 19.3. The summed E-state index contributed by atoms with van der Waals surface area (Å²) in [4.78, 5) is 91.0. The monoisotopic (exact) mass is 866 g/mol. The van der Waals surface area contributed by atoms with Gasteiger partial charge in [0.15, 0.2) is 0 Å². The van der Waals surface area contributed by atoms with Crippen LogP contribution in [0.15, 0.2) is 42.5 Å². The van der Waals surface area contributed by atoms with Crippen molar-refractivity contribution >= 4 is 52.4 Å². The zero-order chi connectivity index (χ0) is 46.3. The Balaban J connectivity index is 1.66. The highest BCUT2D eigenvalue weighted by Crippen LogP contribution is 2.29. The van der Waals surface area contributed by atoms with Gasteiger partial charge in [-0.15, -0.1) is 0 Å². The van der Waals surface area contributed by atoms with E-state index in [9.17, 15) is 33.6 Å². The lowest BCUT2D eigenvalue weighted by Crippen LogP contribution is -2.53. The van der Waals surface area contributed by atoms with Crippen molar-refractivity contribution in [3.8, 4) is 0 Å². The molecule has 3 atom stereocenters. The molecule has 15 heteroatoms. The van der Waals surface area contributed by atoms with Gasteiger partial charge in [0.05, 0.1) is 0 Å². The van der Waals surface area contributed by atoms with Gasteiger partial charge in [-0.3, -0.25) is 19.2 Å². The number of ether oxygens (including phenoxy) is 3. The van der Waals surface area contributed by atoms with Crippen LogP contribution in [0.3, 0.4) is 0 Å². The fraction of sp³-hybridized carbons (Fsp3) is 0.638. The van der Waals surface area contributed by atoms with Crippen LogP contribution >= 0.6 is 0 Å². The Kier molecular flexibility index (Phi) is 19.2. The Labute approximate surface area is 367 Å². The number of hydrogen-bond donors (Lipinski definition) is 5. The lowest BCUT2D eigenvalue weighted by atomic mass is 9.81. The molecule has 344 valence electrons. The number of benzene rings is 2. The van der Waals surface area contributed by atoms with Crippen LogP contribution in [0, 0.1) is 11.8 Å². The number of unbranched alkanes of at least 4 members (excludes halogenated alkanes) is 1. The molecular formula is C47H71N5O10. The predicted octanol–water partition coefficient (Wildman–Crippen LogP) is 5.94. The maximum absolute atomic E-state index is 13.8. The molecular weight excluding hydrogens is 795 g/mol. The number of hydrogen-bond acceptors (Lipinski definition) is 10. The average molecular weight is 866 g/mol. The van der Waals surface area contributed by atoms with Crippen LogP contribution in [0.5, 0.6) is 0 Å². The smallest absolute Gasteiger partial charge is 0.329 e. The minimum atomic E-state index is -1.22. The van der Waals surface area contributed by atoms with E-state index in [0.29, 0.717) is 38.1 Å². The minimum Gasteiger partial charge on any atom is -0.460 e. The van der Waals surface area contributed by atoms with Gasteiger partial charge in [0.2, 0.25) is 17.7 Å². The Morgan fingerprint density at radius 2 is 1.21 bits per heavy atom. The highest BCUT2D eigenvalue weighted by molar-refractivity contribution is 5.90. The van der Waals surface area contributed by atoms with Crippen molar-refractivity contribution in [1.29, 1.82) is 0 Å². The van der Waals surface area contributed by atoms with Crippen LogP contribution < -0.4 is 26.6 Å². The van der Waals surface area contributed by atoms with Gasteiger partial charge in [0.1, 0.15) is 34.9 Å². The van der Waals surface area contributed by atoms with E-state index in [-0.39, 0.29) is 55.9 Å². The van der Waals surface area contributed by atoms with Gasteiger partial charge in [0.25, 0.3) is 0 Å². The van der Waals surface area contributed by atoms with Gasteiger partial charge in [-0.1, -0.05) is 42.5 Å². The standard InChI is InChI=1S/C47H71N5O10/c1-30(53)49-29-31-18-22-34(23-19-31)40(55)50-38(28-32-20-21-33-15-11-12-16-35(33)27-32)41(56)48-26-14-13-17-36(42(57)61-46(5,6)7)51-44(59)52-37(43(58)62-47(8,9)10)24-25-39(54)60-45(2,3)4/h11-12,15-16,20-21,27,31,34,36-38H,13-14,17-19,22-26,28-29H2,1-10H3,(H,48,56)(H,49,53)(H,50,55)(H2,51,52,59)/t31?,34?,36-,37-,38-/m0/s1. The Morgan fingerprint density at radius 3 is 1.77 bits per heavy atom. The van der Waals surface area contributed by atoms with Crippen molar-refractivity contribution in [1.82, 2.24) is 26.6 Å². The lowest BCUT2D eigenvalue weighted by Gasteiger charge is -2.29. The molecule has 1 aliphatic carbocycles. The number of urea groups is 1. The van der Waals surface area contributed by atoms with Gasteiger partial charge >= 0.3 is 23.9 Å². The molecule has 0 aliphatic heterocycles. The van der Waals surface area contributed by atoms with Crippen molar-refractivity contribution in [2.45, 2.75) is 168 Å². The molecule has 0 aromatic heterocycles. The molecule has 62 heavy (non-hydrogen) atoms. The van der Waals surface area contributed by atoms with E-state index in [1.807, 2.05) is 42.5 Å². The zero-order valence-electron chi connectivity index (χ0n) is 38.5. The van der Waals surface area contributed by atoms with Gasteiger partial charge in [-0.2, -0.15) is 0 Å². The first-order chi connectivity index (χ1) is 28.9. The van der Waals surface area contributed by atoms with Crippen LogP contribution in [0.25, 0.3) is 10.8 Å². The maximum atomic E-state index is 13.8. The highest BCUT2D eigenvalue weighted by Gasteiger charge is 2.33. The number of carbonyl (C=O) groups excluding carboxylic acids is 7. The molecule has 3 rings (SSSR count). The van der Waals surface area contributed by atoms with Gasteiger partial charge in [-0.25, -0.2) is 14.4 Å². The van der Waals surface area contributed by atoms with Gasteiger partial charge in [0, 0.05) is 38.8 Å². The Hall–Kier alpha value is -5.21. The fourth-order valence-electron chi connectivity index (χ4n) is 7.08. The molecule has 0 radical (unpaired) electrons. The molecule has 1 saturated carbocycles.